The Morgan fingerprint density at radius 1 is 1.11 bits per heavy atom. The van der Waals surface area contributed by atoms with E-state index in [0.717, 1.165) is 30.7 Å². The molecule has 2 aromatic rings. The Labute approximate surface area is 169 Å². The van der Waals surface area contributed by atoms with Gasteiger partial charge in [0.1, 0.15) is 0 Å². The average molecular weight is 383 g/mol. The molecular weight excluding hydrogens is 348 g/mol. The molecule has 6 nitrogen and oxygen atoms in total. The number of nitrogens with zero attached hydrogens (tertiary/aromatic N) is 4. The van der Waals surface area contributed by atoms with E-state index in [0.29, 0.717) is 0 Å². The fraction of sp³-hybridized carbons (Fsp3) is 0.545. The number of hydrogen-bond acceptors (Lipinski definition) is 3. The number of anilines is 1. The van der Waals surface area contributed by atoms with Gasteiger partial charge in [-0.15, -0.1) is 0 Å². The lowest BCUT2D eigenvalue weighted by molar-refractivity contribution is 0.438. The number of aryl methyl sites for hydroxylation is 2. The quantitative estimate of drug-likeness (QED) is 0.616. The highest BCUT2D eigenvalue weighted by atomic mass is 15.3. The molecule has 1 aliphatic heterocycles. The van der Waals surface area contributed by atoms with Crippen molar-refractivity contribution >= 4 is 11.6 Å². The highest BCUT2D eigenvalue weighted by Gasteiger charge is 2.15. The third-order valence-corrected chi connectivity index (χ3v) is 5.86. The van der Waals surface area contributed by atoms with Gasteiger partial charge in [-0.25, -0.2) is 0 Å². The monoisotopic (exact) mass is 382 g/mol. The number of rotatable bonds is 5. The molecule has 0 saturated carbocycles. The molecule has 0 atom stereocenters. The number of aromatic nitrogens is 2. The summed E-state index contributed by atoms with van der Waals surface area (Å²) in [4.78, 5) is 6.84. The van der Waals surface area contributed by atoms with Gasteiger partial charge in [0, 0.05) is 57.2 Å². The van der Waals surface area contributed by atoms with Crippen molar-refractivity contribution in [3.8, 4) is 0 Å². The summed E-state index contributed by atoms with van der Waals surface area (Å²) in [6, 6.07) is 8.91. The van der Waals surface area contributed by atoms with Crippen LogP contribution in [0.3, 0.4) is 0 Å². The van der Waals surface area contributed by atoms with E-state index in [1.165, 1.54) is 48.4 Å². The Morgan fingerprint density at radius 3 is 2.32 bits per heavy atom. The Kier molecular flexibility index (Phi) is 6.60. The van der Waals surface area contributed by atoms with Crippen molar-refractivity contribution < 1.29 is 0 Å². The summed E-state index contributed by atoms with van der Waals surface area (Å²) in [6.45, 7) is 10.3. The van der Waals surface area contributed by atoms with Gasteiger partial charge in [0.05, 0.1) is 5.69 Å². The fourth-order valence-electron chi connectivity index (χ4n) is 3.74. The number of aliphatic imine (C=N–C) groups is 1. The van der Waals surface area contributed by atoms with Crippen molar-refractivity contribution in [3.63, 3.8) is 0 Å². The second-order valence-corrected chi connectivity index (χ2v) is 7.89. The molecule has 1 fully saturated rings. The third-order valence-electron chi connectivity index (χ3n) is 5.86. The lowest BCUT2D eigenvalue weighted by atomic mass is 9.99. The molecule has 2 N–H and O–H groups in total. The number of piperidine rings is 1. The van der Waals surface area contributed by atoms with Crippen LogP contribution < -0.4 is 15.5 Å². The summed E-state index contributed by atoms with van der Waals surface area (Å²) in [5.74, 6) is 1.66. The van der Waals surface area contributed by atoms with Gasteiger partial charge in [0.15, 0.2) is 5.96 Å². The zero-order valence-electron chi connectivity index (χ0n) is 17.9. The lowest BCUT2D eigenvalue weighted by Crippen LogP contribution is -2.36. The molecule has 152 valence electrons. The van der Waals surface area contributed by atoms with Crippen molar-refractivity contribution in [2.24, 2.45) is 18.0 Å². The van der Waals surface area contributed by atoms with Gasteiger partial charge < -0.3 is 15.5 Å². The summed E-state index contributed by atoms with van der Waals surface area (Å²) >= 11 is 0. The van der Waals surface area contributed by atoms with Gasteiger partial charge in [-0.3, -0.25) is 9.67 Å². The summed E-state index contributed by atoms with van der Waals surface area (Å²) in [6.07, 6.45) is 2.59. The maximum atomic E-state index is 4.47. The van der Waals surface area contributed by atoms with Crippen molar-refractivity contribution in [1.29, 1.82) is 0 Å². The van der Waals surface area contributed by atoms with E-state index >= 15 is 0 Å². The summed E-state index contributed by atoms with van der Waals surface area (Å²) in [5, 5.41) is 11.3. The SMILES string of the molecule is CN=C(NCc1ccc(N2CCC(C)CC2)cc1)NCc1c(C)nn(C)c1C. The molecule has 0 spiro atoms. The normalized spacial score (nSPS) is 15.8. The fourth-order valence-corrected chi connectivity index (χ4v) is 3.74. The summed E-state index contributed by atoms with van der Waals surface area (Å²) in [7, 11) is 3.78. The molecule has 6 heteroatoms. The smallest absolute Gasteiger partial charge is 0.191 e. The van der Waals surface area contributed by atoms with Crippen molar-refractivity contribution in [1.82, 2.24) is 20.4 Å². The van der Waals surface area contributed by atoms with Crippen molar-refractivity contribution in [2.75, 3.05) is 25.0 Å². The first-order chi connectivity index (χ1) is 13.5. The minimum absolute atomic E-state index is 0.720. The molecule has 1 aromatic heterocycles. The minimum Gasteiger partial charge on any atom is -0.372 e. The molecule has 0 radical (unpaired) electrons. The van der Waals surface area contributed by atoms with Gasteiger partial charge in [-0.05, 0) is 50.3 Å². The molecule has 1 aliphatic rings. The molecule has 0 bridgehead atoms. The first-order valence-corrected chi connectivity index (χ1v) is 10.3. The van der Waals surface area contributed by atoms with E-state index in [2.05, 4.69) is 63.7 Å². The van der Waals surface area contributed by atoms with Crippen molar-refractivity contribution in [2.45, 2.75) is 46.7 Å². The largest absolute Gasteiger partial charge is 0.372 e. The number of guanidine groups is 1. The van der Waals surface area contributed by atoms with Gasteiger partial charge in [-0.2, -0.15) is 5.10 Å². The highest BCUT2D eigenvalue weighted by Crippen LogP contribution is 2.23. The minimum atomic E-state index is 0.720. The van der Waals surface area contributed by atoms with Crippen LogP contribution in [0.5, 0.6) is 0 Å². The molecule has 1 saturated heterocycles. The van der Waals surface area contributed by atoms with Crippen LogP contribution in [-0.4, -0.2) is 35.9 Å². The standard InChI is InChI=1S/C22H34N6/c1-16-10-12-28(13-11-16)20-8-6-19(7-9-20)14-24-22(23-4)25-15-21-17(2)26-27(5)18(21)3/h6-9,16H,10-15H2,1-5H3,(H2,23,24,25). The van der Waals surface area contributed by atoms with Crippen LogP contribution in [0.4, 0.5) is 5.69 Å². The molecule has 3 rings (SSSR count). The Bertz CT molecular complexity index is 797. The van der Waals surface area contributed by atoms with Crippen LogP contribution in [0.15, 0.2) is 29.3 Å². The zero-order chi connectivity index (χ0) is 20.1. The van der Waals surface area contributed by atoms with Gasteiger partial charge >= 0.3 is 0 Å². The molecule has 0 unspecified atom stereocenters. The van der Waals surface area contributed by atoms with E-state index < -0.39 is 0 Å². The maximum Gasteiger partial charge on any atom is 0.191 e. The van der Waals surface area contributed by atoms with Crippen LogP contribution in [0, 0.1) is 19.8 Å². The Morgan fingerprint density at radius 2 is 1.75 bits per heavy atom. The Hall–Kier alpha value is -2.50. The van der Waals surface area contributed by atoms with Crippen LogP contribution >= 0.6 is 0 Å². The van der Waals surface area contributed by atoms with E-state index in [1.54, 1.807) is 7.05 Å². The zero-order valence-corrected chi connectivity index (χ0v) is 17.9. The van der Waals surface area contributed by atoms with Crippen LogP contribution in [0.1, 0.15) is 42.3 Å². The Balaban J connectivity index is 1.51. The van der Waals surface area contributed by atoms with E-state index in [9.17, 15) is 0 Å². The maximum absolute atomic E-state index is 4.47. The van der Waals surface area contributed by atoms with E-state index in [4.69, 9.17) is 0 Å². The molecule has 0 aliphatic carbocycles. The number of nitrogens with one attached hydrogen (secondary N) is 2. The summed E-state index contributed by atoms with van der Waals surface area (Å²) in [5.41, 5.74) is 6.06. The van der Waals surface area contributed by atoms with Crippen LogP contribution in [0.25, 0.3) is 0 Å². The molecular formula is C22H34N6. The first-order valence-electron chi connectivity index (χ1n) is 10.3. The second-order valence-electron chi connectivity index (χ2n) is 7.89. The van der Waals surface area contributed by atoms with Gasteiger partial charge in [-0.1, -0.05) is 19.1 Å². The third kappa shape index (κ3) is 4.86. The van der Waals surface area contributed by atoms with Crippen LogP contribution in [0.2, 0.25) is 0 Å². The van der Waals surface area contributed by atoms with Gasteiger partial charge in [0.2, 0.25) is 0 Å². The second kappa shape index (κ2) is 9.13. The topological polar surface area (TPSA) is 57.5 Å². The summed E-state index contributed by atoms with van der Waals surface area (Å²) < 4.78 is 1.92. The van der Waals surface area contributed by atoms with E-state index in [-0.39, 0.29) is 0 Å². The van der Waals surface area contributed by atoms with E-state index in [1.807, 2.05) is 18.7 Å². The highest BCUT2D eigenvalue weighted by molar-refractivity contribution is 5.79. The average Bonchev–Trinajstić information content (AvgIpc) is 2.95. The first kappa shape index (κ1) is 20.2. The molecule has 1 aromatic carbocycles. The number of benzene rings is 1. The van der Waals surface area contributed by atoms with Crippen molar-refractivity contribution in [3.05, 3.63) is 46.8 Å². The molecule has 28 heavy (non-hydrogen) atoms. The predicted octanol–water partition coefficient (Wildman–Crippen LogP) is 3.14. The van der Waals surface area contributed by atoms with Gasteiger partial charge in [0.25, 0.3) is 0 Å². The molecule has 2 heterocycles. The predicted molar refractivity (Wildman–Crippen MR) is 117 cm³/mol. The lowest BCUT2D eigenvalue weighted by Gasteiger charge is -2.32. The van der Waals surface area contributed by atoms with Crippen LogP contribution in [-0.2, 0) is 20.1 Å². The number of hydrogen-bond donors (Lipinski definition) is 2. The molecule has 0 amide bonds.